The Kier molecular flexibility index (Phi) is 11.6. The molecule has 1 aromatic rings. The zero-order valence-electron chi connectivity index (χ0n) is 22.7. The summed E-state index contributed by atoms with van der Waals surface area (Å²) < 4.78 is 16.7. The number of ether oxygens (including phenoxy) is 3. The van der Waals surface area contributed by atoms with Gasteiger partial charge in [0.1, 0.15) is 5.75 Å². The van der Waals surface area contributed by atoms with Crippen molar-refractivity contribution >= 4 is 17.7 Å². The Morgan fingerprint density at radius 2 is 1.81 bits per heavy atom. The number of phenols is 1. The summed E-state index contributed by atoms with van der Waals surface area (Å²) in [5.74, 6) is -0.373. The molecule has 0 saturated carbocycles. The van der Waals surface area contributed by atoms with E-state index in [1.54, 1.807) is 45.2 Å². The van der Waals surface area contributed by atoms with Crippen LogP contribution in [0.3, 0.4) is 0 Å². The van der Waals surface area contributed by atoms with Crippen molar-refractivity contribution in [1.29, 1.82) is 0 Å². The number of carbonyl (C=O) groups is 2. The Bertz CT molecular complexity index is 991. The van der Waals surface area contributed by atoms with Crippen molar-refractivity contribution in [3.05, 3.63) is 47.1 Å². The van der Waals surface area contributed by atoms with Gasteiger partial charge in [0, 0.05) is 31.4 Å². The van der Waals surface area contributed by atoms with E-state index in [0.717, 1.165) is 0 Å². The fourth-order valence-corrected chi connectivity index (χ4v) is 4.77. The van der Waals surface area contributed by atoms with Crippen LogP contribution >= 0.6 is 0 Å². The second kappa shape index (κ2) is 14.2. The minimum atomic E-state index is -0.925. The number of aromatic hydroxyl groups is 1. The summed E-state index contributed by atoms with van der Waals surface area (Å²) >= 11 is 0. The molecule has 5 N–H and O–H groups in total. The van der Waals surface area contributed by atoms with E-state index >= 15 is 0 Å². The number of nitrogens with two attached hydrogens (primary N) is 1. The minimum Gasteiger partial charge on any atom is -0.508 e. The van der Waals surface area contributed by atoms with Gasteiger partial charge in [-0.25, -0.2) is 4.79 Å². The summed E-state index contributed by atoms with van der Waals surface area (Å²) in [6.45, 7) is 7.42. The van der Waals surface area contributed by atoms with E-state index in [2.05, 4.69) is 5.32 Å². The number of hydrogen-bond donors (Lipinski definition) is 4. The van der Waals surface area contributed by atoms with E-state index in [9.17, 15) is 19.8 Å². The first-order chi connectivity index (χ1) is 17.5. The molecule has 0 saturated heterocycles. The number of carbonyl (C=O) groups excluding carboxylic acids is 2. The molecule has 0 fully saturated rings. The number of phenolic OH excluding ortho intramolecular Hbond substituents is 1. The van der Waals surface area contributed by atoms with Gasteiger partial charge < -0.3 is 35.5 Å². The SMILES string of the molecule is CO[C@H]1C[C@H](C)Cc2cc(ccc2O)NC(=O)/C(C)=C/CC[C@H](OC)[C@@H](OC(N)=O)/C(C)=C/[C@H](C)[C@H]1O. The Morgan fingerprint density at radius 1 is 1.14 bits per heavy atom. The predicted octanol–water partition coefficient (Wildman–Crippen LogP) is 4.08. The zero-order chi connectivity index (χ0) is 27.7. The van der Waals surface area contributed by atoms with Crippen LogP contribution in [0.4, 0.5) is 10.5 Å². The van der Waals surface area contributed by atoms with Crippen molar-refractivity contribution in [3.8, 4) is 5.75 Å². The molecule has 9 heteroatoms. The largest absolute Gasteiger partial charge is 0.508 e. The molecule has 1 aliphatic rings. The topological polar surface area (TPSA) is 140 Å². The Balaban J connectivity index is 2.47. The molecule has 0 spiro atoms. The van der Waals surface area contributed by atoms with E-state index in [0.29, 0.717) is 48.1 Å². The number of allylic oxidation sites excluding steroid dienone is 1. The van der Waals surface area contributed by atoms with Crippen LogP contribution in [0.25, 0.3) is 0 Å². The van der Waals surface area contributed by atoms with Crippen LogP contribution < -0.4 is 11.1 Å². The molecule has 37 heavy (non-hydrogen) atoms. The molecule has 1 aliphatic heterocycles. The van der Waals surface area contributed by atoms with Crippen LogP contribution in [0.2, 0.25) is 0 Å². The van der Waals surface area contributed by atoms with E-state index in [1.807, 2.05) is 19.9 Å². The zero-order valence-corrected chi connectivity index (χ0v) is 22.7. The van der Waals surface area contributed by atoms with Crippen LogP contribution in [-0.4, -0.2) is 60.8 Å². The molecule has 0 radical (unpaired) electrons. The van der Waals surface area contributed by atoms with Gasteiger partial charge in [-0.05, 0) is 74.8 Å². The molecule has 2 amide bonds. The van der Waals surface area contributed by atoms with Crippen LogP contribution in [0.15, 0.2) is 41.5 Å². The van der Waals surface area contributed by atoms with Crippen LogP contribution in [0.5, 0.6) is 5.75 Å². The standard InChI is InChI=1S/C28H42N2O7/c1-16-12-20-15-21(10-11-22(20)31)30-27(33)17(2)8-7-9-23(35-5)26(37-28(29)34)19(4)14-18(3)25(32)24(13-16)36-6/h8,10-11,14-16,18,23-26,31-32H,7,9,12-13H2,1-6H3,(H2,29,34)(H,30,33)/b17-8+,19-14+/t16-,18+,23+,24+,25-,26+/m1/s1. The van der Waals surface area contributed by atoms with E-state index in [4.69, 9.17) is 19.9 Å². The first kappa shape index (κ1) is 30.3. The quantitative estimate of drug-likeness (QED) is 0.349. The molecule has 6 atom stereocenters. The third-order valence-corrected chi connectivity index (χ3v) is 6.88. The number of amides is 2. The van der Waals surface area contributed by atoms with Crippen molar-refractivity contribution in [2.45, 2.75) is 77.8 Å². The molecular formula is C28H42N2O7. The van der Waals surface area contributed by atoms with Gasteiger partial charge in [0.05, 0.1) is 18.3 Å². The summed E-state index contributed by atoms with van der Waals surface area (Å²) in [5.41, 5.74) is 7.85. The lowest BCUT2D eigenvalue weighted by atomic mass is 9.88. The maximum Gasteiger partial charge on any atom is 0.405 e. The highest BCUT2D eigenvalue weighted by molar-refractivity contribution is 6.03. The number of aliphatic hydroxyl groups excluding tert-OH is 1. The van der Waals surface area contributed by atoms with E-state index in [-0.39, 0.29) is 23.5 Å². The number of methoxy groups -OCH3 is 2. The van der Waals surface area contributed by atoms with E-state index < -0.39 is 30.5 Å². The molecule has 2 rings (SSSR count). The summed E-state index contributed by atoms with van der Waals surface area (Å²) in [4.78, 5) is 24.4. The fourth-order valence-electron chi connectivity index (χ4n) is 4.77. The molecule has 0 aromatic heterocycles. The summed E-state index contributed by atoms with van der Waals surface area (Å²) in [5, 5.41) is 24.4. The Hall–Kier alpha value is -2.88. The number of anilines is 1. The van der Waals surface area contributed by atoms with Gasteiger partial charge in [-0.15, -0.1) is 0 Å². The van der Waals surface area contributed by atoms with Crippen LogP contribution in [-0.2, 0) is 25.4 Å². The number of nitrogens with one attached hydrogen (secondary N) is 1. The Labute approximate surface area is 219 Å². The molecule has 1 heterocycles. The van der Waals surface area contributed by atoms with Crippen molar-refractivity contribution in [2.75, 3.05) is 19.5 Å². The smallest absolute Gasteiger partial charge is 0.405 e. The van der Waals surface area contributed by atoms with Gasteiger partial charge in [0.2, 0.25) is 0 Å². The number of primary amides is 1. The highest BCUT2D eigenvalue weighted by atomic mass is 16.6. The molecule has 206 valence electrons. The van der Waals surface area contributed by atoms with Crippen molar-refractivity contribution in [3.63, 3.8) is 0 Å². The average molecular weight is 519 g/mol. The number of hydrogen-bond acceptors (Lipinski definition) is 7. The maximum absolute atomic E-state index is 12.8. The van der Waals surface area contributed by atoms with Crippen molar-refractivity contribution in [1.82, 2.24) is 0 Å². The Morgan fingerprint density at radius 3 is 2.43 bits per heavy atom. The molecule has 2 bridgehead atoms. The van der Waals surface area contributed by atoms with Gasteiger partial charge >= 0.3 is 6.09 Å². The van der Waals surface area contributed by atoms with Crippen LogP contribution in [0, 0.1) is 11.8 Å². The maximum atomic E-state index is 12.8. The molecular weight excluding hydrogens is 476 g/mol. The average Bonchev–Trinajstić information content (AvgIpc) is 2.84. The number of aliphatic hydroxyl groups is 1. The lowest BCUT2D eigenvalue weighted by Gasteiger charge is -2.30. The van der Waals surface area contributed by atoms with Crippen molar-refractivity contribution < 1.29 is 34.0 Å². The fraction of sp³-hybridized carbons (Fsp3) is 0.571. The van der Waals surface area contributed by atoms with Crippen LogP contribution in [0.1, 0.15) is 52.5 Å². The molecule has 9 nitrogen and oxygen atoms in total. The normalized spacial score (nSPS) is 31.4. The lowest BCUT2D eigenvalue weighted by molar-refractivity contribution is -0.112. The summed E-state index contributed by atoms with van der Waals surface area (Å²) in [6, 6.07) is 4.99. The number of fused-ring (bicyclic) bond motifs is 2. The molecule has 0 unspecified atom stereocenters. The lowest BCUT2D eigenvalue weighted by Crippen LogP contribution is -2.37. The highest BCUT2D eigenvalue weighted by Crippen LogP contribution is 2.29. The predicted molar refractivity (Wildman–Crippen MR) is 142 cm³/mol. The van der Waals surface area contributed by atoms with Gasteiger partial charge in [0.15, 0.2) is 6.10 Å². The van der Waals surface area contributed by atoms with E-state index in [1.165, 1.54) is 7.11 Å². The number of benzene rings is 1. The summed E-state index contributed by atoms with van der Waals surface area (Å²) in [6.07, 6.45) is 2.17. The monoisotopic (exact) mass is 518 g/mol. The van der Waals surface area contributed by atoms with Crippen molar-refractivity contribution in [2.24, 2.45) is 17.6 Å². The minimum absolute atomic E-state index is 0.0567. The third kappa shape index (κ3) is 8.87. The highest BCUT2D eigenvalue weighted by Gasteiger charge is 2.30. The van der Waals surface area contributed by atoms with Gasteiger partial charge in [-0.1, -0.05) is 26.0 Å². The molecule has 0 aliphatic carbocycles. The number of rotatable bonds is 3. The summed E-state index contributed by atoms with van der Waals surface area (Å²) in [7, 11) is 3.08. The second-order valence-corrected chi connectivity index (χ2v) is 9.97. The van der Waals surface area contributed by atoms with Gasteiger partial charge in [-0.3, -0.25) is 4.79 Å². The first-order valence-corrected chi connectivity index (χ1v) is 12.6. The molecule has 1 aromatic carbocycles. The first-order valence-electron chi connectivity index (χ1n) is 12.6. The second-order valence-electron chi connectivity index (χ2n) is 9.97. The van der Waals surface area contributed by atoms with Gasteiger partial charge in [0.25, 0.3) is 5.91 Å². The third-order valence-electron chi connectivity index (χ3n) is 6.88. The van der Waals surface area contributed by atoms with Gasteiger partial charge in [-0.2, -0.15) is 0 Å².